The van der Waals surface area contributed by atoms with Crippen LogP contribution in [0.1, 0.15) is 36.8 Å². The molecule has 3 rings (SSSR count). The number of aromatic nitrogens is 2. The zero-order chi connectivity index (χ0) is 21.0. The van der Waals surface area contributed by atoms with Crippen molar-refractivity contribution in [3.05, 3.63) is 40.5 Å². The summed E-state index contributed by atoms with van der Waals surface area (Å²) in [6.45, 7) is 3.59. The average molecular weight is 420 g/mol. The molecule has 2 aromatic rings. The van der Waals surface area contributed by atoms with Crippen LogP contribution in [0.15, 0.2) is 24.3 Å². The van der Waals surface area contributed by atoms with E-state index in [4.69, 9.17) is 25.8 Å². The van der Waals surface area contributed by atoms with E-state index < -0.39 is 12.1 Å². The zero-order valence-electron chi connectivity index (χ0n) is 16.5. The molecule has 0 saturated heterocycles. The van der Waals surface area contributed by atoms with Gasteiger partial charge in [-0.25, -0.2) is 4.79 Å². The number of carbonyl (C=O) groups excluding carboxylic acids is 2. The van der Waals surface area contributed by atoms with E-state index in [1.165, 1.54) is 13.1 Å². The Labute approximate surface area is 173 Å². The van der Waals surface area contributed by atoms with Crippen molar-refractivity contribution in [1.29, 1.82) is 0 Å². The number of hydrogen-bond donors (Lipinski definition) is 0. The van der Waals surface area contributed by atoms with Crippen molar-refractivity contribution in [3.8, 4) is 17.4 Å². The van der Waals surface area contributed by atoms with Gasteiger partial charge in [0.05, 0.1) is 6.61 Å². The van der Waals surface area contributed by atoms with E-state index in [2.05, 4.69) is 10.2 Å². The van der Waals surface area contributed by atoms with Gasteiger partial charge in [0.15, 0.2) is 10.9 Å². The number of halogens is 1. The number of hydrogen-bond acceptors (Lipinski definition) is 7. The highest BCUT2D eigenvalue weighted by Crippen LogP contribution is 2.46. The first-order valence-corrected chi connectivity index (χ1v) is 9.66. The third kappa shape index (κ3) is 5.35. The Kier molecular flexibility index (Phi) is 6.53. The molecule has 1 aromatic carbocycles. The van der Waals surface area contributed by atoms with Crippen LogP contribution in [0, 0.1) is 6.92 Å². The molecule has 0 N–H and O–H groups in total. The van der Waals surface area contributed by atoms with Crippen LogP contribution in [0.5, 0.6) is 17.4 Å². The fourth-order valence-electron chi connectivity index (χ4n) is 2.75. The maximum Gasteiger partial charge on any atom is 0.415 e. The Bertz CT molecular complexity index is 917. The Morgan fingerprint density at radius 2 is 2.03 bits per heavy atom. The molecule has 0 aliphatic heterocycles. The lowest BCUT2D eigenvalue weighted by Crippen LogP contribution is -2.35. The Morgan fingerprint density at radius 1 is 1.28 bits per heavy atom. The summed E-state index contributed by atoms with van der Waals surface area (Å²) in [6.07, 6.45) is 1.43. The number of esters is 1. The van der Waals surface area contributed by atoms with E-state index >= 15 is 0 Å². The van der Waals surface area contributed by atoms with Gasteiger partial charge < -0.3 is 14.2 Å². The summed E-state index contributed by atoms with van der Waals surface area (Å²) in [7, 11) is 1.42. The highest BCUT2D eigenvalue weighted by atomic mass is 35.5. The third-order valence-corrected chi connectivity index (χ3v) is 4.52. The molecule has 1 aliphatic carbocycles. The van der Waals surface area contributed by atoms with Crippen LogP contribution in [0.2, 0.25) is 5.15 Å². The van der Waals surface area contributed by atoms with Gasteiger partial charge in [-0.05, 0) is 43.7 Å². The molecule has 0 atom stereocenters. The van der Waals surface area contributed by atoms with Gasteiger partial charge in [-0.3, -0.25) is 9.69 Å². The second-order valence-electron chi connectivity index (χ2n) is 6.74. The third-order valence-electron chi connectivity index (χ3n) is 4.34. The maximum atomic E-state index is 12.4. The molecule has 1 saturated carbocycles. The molecule has 1 heterocycles. The van der Waals surface area contributed by atoms with E-state index in [0.29, 0.717) is 11.7 Å². The molecule has 8 nitrogen and oxygen atoms in total. The number of rotatable bonds is 7. The van der Waals surface area contributed by atoms with Crippen molar-refractivity contribution in [1.82, 2.24) is 15.1 Å². The smallest absolute Gasteiger partial charge is 0.415 e. The SMILES string of the molecule is CCOC(=O)CN(C)C(=O)Oc1cc(Cl)nnc1Oc1c(C)cccc1C1CC1. The summed E-state index contributed by atoms with van der Waals surface area (Å²) >= 11 is 5.92. The topological polar surface area (TPSA) is 90.9 Å². The summed E-state index contributed by atoms with van der Waals surface area (Å²) in [5.74, 6) is 0.609. The van der Waals surface area contributed by atoms with Gasteiger partial charge >= 0.3 is 12.1 Å². The van der Waals surface area contributed by atoms with Crippen LogP contribution in [0.4, 0.5) is 4.79 Å². The molecular formula is C20H22ClN3O5. The number of aryl methyl sites for hydroxylation is 1. The second-order valence-corrected chi connectivity index (χ2v) is 7.12. The fourth-order valence-corrected chi connectivity index (χ4v) is 2.89. The van der Waals surface area contributed by atoms with Crippen LogP contribution in [0.25, 0.3) is 0 Å². The van der Waals surface area contributed by atoms with Crippen LogP contribution in [-0.2, 0) is 9.53 Å². The quantitative estimate of drug-likeness (QED) is 0.624. The number of carbonyl (C=O) groups is 2. The summed E-state index contributed by atoms with van der Waals surface area (Å²) in [6, 6.07) is 7.27. The second kappa shape index (κ2) is 9.09. The fraction of sp³-hybridized carbons (Fsp3) is 0.400. The van der Waals surface area contributed by atoms with Crippen LogP contribution in [-0.4, -0.2) is 47.4 Å². The number of nitrogens with zero attached hydrogens (tertiary/aromatic N) is 3. The molecule has 0 spiro atoms. The van der Waals surface area contributed by atoms with Gasteiger partial charge in [-0.1, -0.05) is 29.8 Å². The van der Waals surface area contributed by atoms with Gasteiger partial charge in [-0.2, -0.15) is 0 Å². The lowest BCUT2D eigenvalue weighted by atomic mass is 10.1. The highest BCUT2D eigenvalue weighted by molar-refractivity contribution is 6.29. The van der Waals surface area contributed by atoms with Gasteiger partial charge in [-0.15, -0.1) is 10.2 Å². The standard InChI is InChI=1S/C20H22ClN3O5/c1-4-27-17(25)11-24(3)20(26)28-15-10-16(21)22-23-19(15)29-18-12(2)6-5-7-14(18)13-8-9-13/h5-7,10,13H,4,8-9,11H2,1-3H3. The number of ether oxygens (including phenoxy) is 3. The zero-order valence-corrected chi connectivity index (χ0v) is 17.2. The number of amides is 1. The summed E-state index contributed by atoms with van der Waals surface area (Å²) in [5.41, 5.74) is 2.02. The van der Waals surface area contributed by atoms with E-state index in [1.807, 2.05) is 25.1 Å². The number of benzene rings is 1. The molecule has 1 fully saturated rings. The van der Waals surface area contributed by atoms with Gasteiger partial charge in [0.1, 0.15) is 12.3 Å². The minimum atomic E-state index is -0.779. The summed E-state index contributed by atoms with van der Waals surface area (Å²) in [5, 5.41) is 7.78. The molecule has 1 aliphatic rings. The van der Waals surface area contributed by atoms with Crippen molar-refractivity contribution >= 4 is 23.7 Å². The van der Waals surface area contributed by atoms with Gasteiger partial charge in [0.25, 0.3) is 5.88 Å². The van der Waals surface area contributed by atoms with Crippen molar-refractivity contribution in [2.75, 3.05) is 20.2 Å². The first-order chi connectivity index (χ1) is 13.9. The van der Waals surface area contributed by atoms with Crippen molar-refractivity contribution in [3.63, 3.8) is 0 Å². The summed E-state index contributed by atoms with van der Waals surface area (Å²) < 4.78 is 16.2. The van der Waals surface area contributed by atoms with Crippen molar-refractivity contribution in [2.24, 2.45) is 0 Å². The maximum absolute atomic E-state index is 12.4. The van der Waals surface area contributed by atoms with Crippen molar-refractivity contribution in [2.45, 2.75) is 32.6 Å². The molecule has 154 valence electrons. The first kappa shape index (κ1) is 20.9. The predicted molar refractivity (Wildman–Crippen MR) is 106 cm³/mol. The molecule has 9 heteroatoms. The summed E-state index contributed by atoms with van der Waals surface area (Å²) in [4.78, 5) is 25.0. The monoisotopic (exact) mass is 419 g/mol. The number of para-hydroxylation sites is 1. The molecule has 0 unspecified atom stereocenters. The molecular weight excluding hydrogens is 398 g/mol. The van der Waals surface area contributed by atoms with Gasteiger partial charge in [0.2, 0.25) is 0 Å². The molecule has 0 bridgehead atoms. The van der Waals surface area contributed by atoms with E-state index in [-0.39, 0.29) is 29.9 Å². The average Bonchev–Trinajstić information content (AvgIpc) is 3.50. The van der Waals surface area contributed by atoms with Crippen molar-refractivity contribution < 1.29 is 23.8 Å². The van der Waals surface area contributed by atoms with Crippen LogP contribution >= 0.6 is 11.6 Å². The lowest BCUT2D eigenvalue weighted by molar-refractivity contribution is -0.143. The van der Waals surface area contributed by atoms with E-state index in [0.717, 1.165) is 28.9 Å². The molecule has 1 amide bonds. The normalized spacial score (nSPS) is 13.0. The van der Waals surface area contributed by atoms with Crippen LogP contribution in [0.3, 0.4) is 0 Å². The lowest BCUT2D eigenvalue weighted by Gasteiger charge is -2.18. The Balaban J connectivity index is 1.80. The van der Waals surface area contributed by atoms with Gasteiger partial charge in [0, 0.05) is 13.1 Å². The minimum absolute atomic E-state index is 0.00992. The largest absolute Gasteiger partial charge is 0.465 e. The van der Waals surface area contributed by atoms with Crippen LogP contribution < -0.4 is 9.47 Å². The number of likely N-dealkylation sites (N-methyl/N-ethyl adjacent to an activating group) is 1. The highest BCUT2D eigenvalue weighted by Gasteiger charge is 2.28. The Morgan fingerprint density at radius 3 is 2.72 bits per heavy atom. The van der Waals surface area contributed by atoms with E-state index in [1.54, 1.807) is 6.92 Å². The predicted octanol–water partition coefficient (Wildman–Crippen LogP) is 4.10. The Hall–Kier alpha value is -2.87. The molecule has 0 radical (unpaired) electrons. The minimum Gasteiger partial charge on any atom is -0.465 e. The molecule has 29 heavy (non-hydrogen) atoms. The first-order valence-electron chi connectivity index (χ1n) is 9.28. The van der Waals surface area contributed by atoms with E-state index in [9.17, 15) is 9.59 Å². The molecule has 1 aromatic heterocycles.